The van der Waals surface area contributed by atoms with Gasteiger partial charge in [-0.25, -0.2) is 9.78 Å². The van der Waals surface area contributed by atoms with Crippen LogP contribution in [0.4, 0.5) is 22.0 Å². The van der Waals surface area contributed by atoms with E-state index in [1.54, 1.807) is 9.58 Å². The summed E-state index contributed by atoms with van der Waals surface area (Å²) in [5, 5.41) is 8.50. The number of anilines is 3. The number of benzene rings is 1. The van der Waals surface area contributed by atoms with Gasteiger partial charge in [0, 0.05) is 61.3 Å². The van der Waals surface area contributed by atoms with Gasteiger partial charge in [-0.05, 0) is 57.6 Å². The van der Waals surface area contributed by atoms with Gasteiger partial charge in [0.05, 0.1) is 17.8 Å². The van der Waals surface area contributed by atoms with Crippen molar-refractivity contribution in [2.24, 2.45) is 13.0 Å². The summed E-state index contributed by atoms with van der Waals surface area (Å²) < 4.78 is 7.59. The molecule has 0 spiro atoms. The SMILES string of the molecule is CC.CCOc1cc2nn(C)cc2cc1NC(=O)N1CCc2c(N3CCCC(C)CC3)cc(C)nc21. The Morgan fingerprint density at radius 3 is 2.75 bits per heavy atom. The zero-order chi connectivity index (χ0) is 25.8. The quantitative estimate of drug-likeness (QED) is 0.489. The third kappa shape index (κ3) is 5.27. The summed E-state index contributed by atoms with van der Waals surface area (Å²) in [7, 11) is 1.89. The molecule has 1 aromatic carbocycles. The molecule has 3 aromatic rings. The van der Waals surface area contributed by atoms with E-state index in [1.807, 2.05) is 53.1 Å². The molecule has 2 aromatic heterocycles. The maximum absolute atomic E-state index is 13.5. The molecule has 2 amide bonds. The number of pyridine rings is 1. The zero-order valence-corrected chi connectivity index (χ0v) is 22.6. The van der Waals surface area contributed by atoms with E-state index in [1.165, 1.54) is 30.5 Å². The van der Waals surface area contributed by atoms with Crippen LogP contribution in [-0.2, 0) is 13.5 Å². The Morgan fingerprint density at radius 2 is 1.97 bits per heavy atom. The highest BCUT2D eigenvalue weighted by Gasteiger charge is 2.31. The molecule has 8 nitrogen and oxygen atoms in total. The van der Waals surface area contributed by atoms with Crippen molar-refractivity contribution < 1.29 is 9.53 Å². The predicted molar refractivity (Wildman–Crippen MR) is 148 cm³/mol. The first-order valence-corrected chi connectivity index (χ1v) is 13.4. The lowest BCUT2D eigenvalue weighted by atomic mass is 10.0. The molecule has 2 aliphatic rings. The molecule has 1 N–H and O–H groups in total. The normalized spacial score (nSPS) is 17.3. The van der Waals surface area contributed by atoms with Gasteiger partial charge in [0.25, 0.3) is 0 Å². The van der Waals surface area contributed by atoms with Crippen LogP contribution in [0.2, 0.25) is 0 Å². The number of aryl methyl sites for hydroxylation is 2. The van der Waals surface area contributed by atoms with Crippen molar-refractivity contribution in [1.29, 1.82) is 0 Å². The summed E-state index contributed by atoms with van der Waals surface area (Å²) >= 11 is 0. The largest absolute Gasteiger partial charge is 0.492 e. The van der Waals surface area contributed by atoms with Crippen LogP contribution in [0.3, 0.4) is 0 Å². The van der Waals surface area contributed by atoms with Crippen molar-refractivity contribution in [3.8, 4) is 5.75 Å². The van der Waals surface area contributed by atoms with Gasteiger partial charge < -0.3 is 15.0 Å². The Labute approximate surface area is 214 Å². The van der Waals surface area contributed by atoms with E-state index in [0.29, 0.717) is 24.6 Å². The van der Waals surface area contributed by atoms with Crippen molar-refractivity contribution in [2.45, 2.75) is 60.3 Å². The molecule has 0 bridgehead atoms. The van der Waals surface area contributed by atoms with Crippen LogP contribution in [-0.4, -0.2) is 47.0 Å². The minimum Gasteiger partial charge on any atom is -0.492 e. The summed E-state index contributed by atoms with van der Waals surface area (Å²) in [6.07, 6.45) is 6.44. The summed E-state index contributed by atoms with van der Waals surface area (Å²) in [6.45, 7) is 13.5. The van der Waals surface area contributed by atoms with E-state index < -0.39 is 0 Å². The fraction of sp³-hybridized carbons (Fsp3) is 0.536. The number of carbonyl (C=O) groups excluding carboxylic acids is 1. The van der Waals surface area contributed by atoms with Gasteiger partial charge in [-0.15, -0.1) is 0 Å². The topological polar surface area (TPSA) is 75.5 Å². The first kappa shape index (κ1) is 25.8. The Bertz CT molecular complexity index is 1220. The number of carbonyl (C=O) groups is 1. The molecule has 1 unspecified atom stereocenters. The number of nitrogens with zero attached hydrogens (tertiary/aromatic N) is 5. The zero-order valence-electron chi connectivity index (χ0n) is 22.6. The van der Waals surface area contributed by atoms with Crippen LogP contribution >= 0.6 is 0 Å². The number of urea groups is 1. The van der Waals surface area contributed by atoms with Crippen LogP contribution in [0.5, 0.6) is 5.75 Å². The van der Waals surface area contributed by atoms with Gasteiger partial charge in [-0.2, -0.15) is 5.10 Å². The molecule has 1 atom stereocenters. The molecule has 2 aliphatic heterocycles. The highest BCUT2D eigenvalue weighted by Crippen LogP contribution is 2.37. The monoisotopic (exact) mass is 492 g/mol. The minimum absolute atomic E-state index is 0.184. The van der Waals surface area contributed by atoms with Crippen LogP contribution in [0.25, 0.3) is 10.9 Å². The molecule has 194 valence electrons. The molecular weight excluding hydrogens is 452 g/mol. The van der Waals surface area contributed by atoms with Gasteiger partial charge >= 0.3 is 6.03 Å². The molecule has 5 rings (SSSR count). The minimum atomic E-state index is -0.184. The van der Waals surface area contributed by atoms with Crippen molar-refractivity contribution >= 4 is 34.1 Å². The van der Waals surface area contributed by atoms with E-state index >= 15 is 0 Å². The third-order valence-electron chi connectivity index (χ3n) is 6.91. The molecule has 1 fully saturated rings. The van der Waals surface area contributed by atoms with Crippen molar-refractivity contribution in [3.05, 3.63) is 35.7 Å². The summed E-state index contributed by atoms with van der Waals surface area (Å²) in [5.41, 5.74) is 4.86. The molecular formula is C28H40N6O2. The van der Waals surface area contributed by atoms with Gasteiger partial charge in [0.1, 0.15) is 11.6 Å². The Hall–Kier alpha value is -3.29. The highest BCUT2D eigenvalue weighted by atomic mass is 16.5. The second kappa shape index (κ2) is 11.2. The van der Waals surface area contributed by atoms with Crippen LogP contribution in [0, 0.1) is 12.8 Å². The second-order valence-electron chi connectivity index (χ2n) is 9.58. The molecule has 36 heavy (non-hydrogen) atoms. The van der Waals surface area contributed by atoms with E-state index in [4.69, 9.17) is 9.72 Å². The predicted octanol–water partition coefficient (Wildman–Crippen LogP) is 5.92. The number of nitrogens with one attached hydrogen (secondary N) is 1. The number of fused-ring (bicyclic) bond motifs is 2. The lowest BCUT2D eigenvalue weighted by Gasteiger charge is -2.26. The Balaban J connectivity index is 0.00000148. The highest BCUT2D eigenvalue weighted by molar-refractivity contribution is 6.05. The first-order valence-electron chi connectivity index (χ1n) is 13.4. The molecule has 4 heterocycles. The Morgan fingerprint density at radius 1 is 1.17 bits per heavy atom. The number of rotatable bonds is 4. The second-order valence-corrected chi connectivity index (χ2v) is 9.58. The molecule has 0 radical (unpaired) electrons. The summed E-state index contributed by atoms with van der Waals surface area (Å²) in [4.78, 5) is 22.5. The fourth-order valence-electron chi connectivity index (χ4n) is 5.17. The van der Waals surface area contributed by atoms with Gasteiger partial charge in [0.15, 0.2) is 0 Å². The number of hydrogen-bond donors (Lipinski definition) is 1. The standard InChI is InChI=1S/C26H34N6O2.C2H6/c1-5-34-24-15-21-19(16-30(4)29-21)14-22(24)28-26(33)32-12-9-20-23(13-18(3)27-25(20)32)31-10-6-7-17(2)8-11-31;1-2/h13-17H,5-12H2,1-4H3,(H,28,33);1-2H3. The number of ether oxygens (including phenoxy) is 1. The molecule has 0 saturated carbocycles. The smallest absolute Gasteiger partial charge is 0.327 e. The average Bonchev–Trinajstić information content (AvgIpc) is 3.37. The van der Waals surface area contributed by atoms with E-state index in [9.17, 15) is 4.79 Å². The van der Waals surface area contributed by atoms with Gasteiger partial charge in [-0.1, -0.05) is 20.8 Å². The number of aromatic nitrogens is 3. The van der Waals surface area contributed by atoms with Crippen molar-refractivity contribution in [3.63, 3.8) is 0 Å². The van der Waals surface area contributed by atoms with Crippen molar-refractivity contribution in [2.75, 3.05) is 41.4 Å². The lowest BCUT2D eigenvalue weighted by Crippen LogP contribution is -2.34. The first-order chi connectivity index (χ1) is 17.4. The molecule has 8 heteroatoms. The third-order valence-corrected chi connectivity index (χ3v) is 6.91. The maximum Gasteiger partial charge on any atom is 0.327 e. The van der Waals surface area contributed by atoms with E-state index in [0.717, 1.165) is 47.8 Å². The van der Waals surface area contributed by atoms with Crippen molar-refractivity contribution in [1.82, 2.24) is 14.8 Å². The molecule has 1 saturated heterocycles. The van der Waals surface area contributed by atoms with E-state index in [2.05, 4.69) is 28.3 Å². The maximum atomic E-state index is 13.5. The van der Waals surface area contributed by atoms with E-state index in [-0.39, 0.29) is 6.03 Å². The fourth-order valence-corrected chi connectivity index (χ4v) is 5.17. The van der Waals surface area contributed by atoms with Gasteiger partial charge in [0.2, 0.25) is 0 Å². The Kier molecular flexibility index (Phi) is 8.01. The molecule has 0 aliphatic carbocycles. The van der Waals surface area contributed by atoms with Gasteiger partial charge in [-0.3, -0.25) is 9.58 Å². The number of hydrogen-bond acceptors (Lipinski definition) is 5. The average molecular weight is 493 g/mol. The number of amides is 2. The summed E-state index contributed by atoms with van der Waals surface area (Å²) in [5.74, 6) is 2.17. The lowest BCUT2D eigenvalue weighted by molar-refractivity contribution is 0.257. The summed E-state index contributed by atoms with van der Waals surface area (Å²) in [6, 6.07) is 5.82. The van der Waals surface area contributed by atoms with Crippen LogP contribution in [0.1, 0.15) is 58.2 Å². The van der Waals surface area contributed by atoms with Crippen LogP contribution in [0.15, 0.2) is 24.4 Å². The van der Waals surface area contributed by atoms with Crippen LogP contribution < -0.4 is 19.9 Å².